The minimum Gasteiger partial charge on any atom is -0.389 e. The molecule has 0 fully saturated rings. The summed E-state index contributed by atoms with van der Waals surface area (Å²) in [5, 5.41) is 9.52. The Hall–Kier alpha value is -1.68. The standard InChI is InChI=1S/C12H15N3O/c1-8-9(2)15(7-14-8)12-6-11(10(3)16)4-5-13-12/h4-7,10,16H,1-3H3/t10-/m0/s1. The summed E-state index contributed by atoms with van der Waals surface area (Å²) in [7, 11) is 0. The Bertz CT molecular complexity index is 503. The number of pyridine rings is 1. The molecule has 0 aliphatic carbocycles. The Morgan fingerprint density at radius 3 is 2.62 bits per heavy atom. The van der Waals surface area contributed by atoms with Crippen molar-refractivity contribution in [3.05, 3.63) is 41.6 Å². The van der Waals surface area contributed by atoms with E-state index >= 15 is 0 Å². The minimum atomic E-state index is -0.480. The van der Waals surface area contributed by atoms with Crippen LogP contribution in [0, 0.1) is 13.8 Å². The van der Waals surface area contributed by atoms with E-state index in [0.717, 1.165) is 22.8 Å². The van der Waals surface area contributed by atoms with E-state index in [1.807, 2.05) is 30.5 Å². The third kappa shape index (κ3) is 1.84. The number of aliphatic hydroxyl groups is 1. The number of imidazole rings is 1. The van der Waals surface area contributed by atoms with Crippen molar-refractivity contribution >= 4 is 0 Å². The quantitative estimate of drug-likeness (QED) is 0.836. The number of nitrogens with zero attached hydrogens (tertiary/aromatic N) is 3. The Morgan fingerprint density at radius 2 is 2.06 bits per heavy atom. The fraction of sp³-hybridized carbons (Fsp3) is 0.333. The van der Waals surface area contributed by atoms with Gasteiger partial charge in [0.2, 0.25) is 0 Å². The average Bonchev–Trinajstić information content (AvgIpc) is 2.60. The molecule has 0 radical (unpaired) electrons. The Labute approximate surface area is 94.6 Å². The maximum atomic E-state index is 9.52. The van der Waals surface area contributed by atoms with Crippen molar-refractivity contribution in [3.8, 4) is 5.82 Å². The van der Waals surface area contributed by atoms with Crippen LogP contribution >= 0.6 is 0 Å². The molecule has 16 heavy (non-hydrogen) atoms. The lowest BCUT2D eigenvalue weighted by Gasteiger charge is -2.08. The molecule has 0 saturated carbocycles. The molecule has 2 heterocycles. The van der Waals surface area contributed by atoms with Crippen molar-refractivity contribution in [1.29, 1.82) is 0 Å². The van der Waals surface area contributed by atoms with E-state index in [-0.39, 0.29) is 0 Å². The zero-order chi connectivity index (χ0) is 11.7. The topological polar surface area (TPSA) is 50.9 Å². The lowest BCUT2D eigenvalue weighted by Crippen LogP contribution is -2.01. The van der Waals surface area contributed by atoms with Gasteiger partial charge in [0.05, 0.1) is 11.8 Å². The van der Waals surface area contributed by atoms with Crippen LogP contribution in [-0.2, 0) is 0 Å². The van der Waals surface area contributed by atoms with Gasteiger partial charge in [-0.3, -0.25) is 4.57 Å². The summed E-state index contributed by atoms with van der Waals surface area (Å²) >= 11 is 0. The highest BCUT2D eigenvalue weighted by molar-refractivity contribution is 5.32. The van der Waals surface area contributed by atoms with Gasteiger partial charge in [0.1, 0.15) is 12.1 Å². The van der Waals surface area contributed by atoms with E-state index in [1.54, 1.807) is 19.4 Å². The van der Waals surface area contributed by atoms with E-state index in [0.29, 0.717) is 0 Å². The van der Waals surface area contributed by atoms with Crippen molar-refractivity contribution < 1.29 is 5.11 Å². The predicted octanol–water partition coefficient (Wildman–Crippen LogP) is 1.94. The largest absolute Gasteiger partial charge is 0.389 e. The van der Waals surface area contributed by atoms with Crippen molar-refractivity contribution in [2.75, 3.05) is 0 Å². The Kier molecular flexibility index (Phi) is 2.75. The molecule has 2 rings (SSSR count). The summed E-state index contributed by atoms with van der Waals surface area (Å²) in [6.07, 6.45) is 2.97. The van der Waals surface area contributed by atoms with Crippen LogP contribution < -0.4 is 0 Å². The van der Waals surface area contributed by atoms with Crippen molar-refractivity contribution in [3.63, 3.8) is 0 Å². The monoisotopic (exact) mass is 217 g/mol. The summed E-state index contributed by atoms with van der Waals surface area (Å²) in [5.41, 5.74) is 2.91. The first kappa shape index (κ1) is 10.8. The Morgan fingerprint density at radius 1 is 1.31 bits per heavy atom. The molecular weight excluding hydrogens is 202 g/mol. The molecule has 0 spiro atoms. The zero-order valence-corrected chi connectivity index (χ0v) is 9.68. The third-order valence-electron chi connectivity index (χ3n) is 2.75. The molecule has 1 atom stereocenters. The summed E-state index contributed by atoms with van der Waals surface area (Å²) < 4.78 is 1.92. The van der Waals surface area contributed by atoms with Crippen molar-refractivity contribution in [2.24, 2.45) is 0 Å². The van der Waals surface area contributed by atoms with Crippen LogP contribution in [0.5, 0.6) is 0 Å². The van der Waals surface area contributed by atoms with Gasteiger partial charge >= 0.3 is 0 Å². The van der Waals surface area contributed by atoms with Gasteiger partial charge in [0.25, 0.3) is 0 Å². The minimum absolute atomic E-state index is 0.480. The van der Waals surface area contributed by atoms with Gasteiger partial charge < -0.3 is 5.11 Å². The first-order valence-corrected chi connectivity index (χ1v) is 5.24. The first-order valence-electron chi connectivity index (χ1n) is 5.24. The highest BCUT2D eigenvalue weighted by Crippen LogP contribution is 2.16. The second kappa shape index (κ2) is 4.06. The van der Waals surface area contributed by atoms with Crippen LogP contribution in [0.2, 0.25) is 0 Å². The predicted molar refractivity (Wildman–Crippen MR) is 61.5 cm³/mol. The van der Waals surface area contributed by atoms with Gasteiger partial charge in [-0.2, -0.15) is 0 Å². The number of aliphatic hydroxyl groups excluding tert-OH is 1. The second-order valence-electron chi connectivity index (χ2n) is 3.91. The van der Waals surface area contributed by atoms with Crippen molar-refractivity contribution in [1.82, 2.24) is 14.5 Å². The maximum Gasteiger partial charge on any atom is 0.138 e. The van der Waals surface area contributed by atoms with Gasteiger partial charge in [-0.1, -0.05) is 0 Å². The molecule has 0 aliphatic rings. The van der Waals surface area contributed by atoms with E-state index < -0.39 is 6.10 Å². The fourth-order valence-corrected chi connectivity index (χ4v) is 1.56. The first-order chi connectivity index (χ1) is 7.59. The fourth-order valence-electron chi connectivity index (χ4n) is 1.56. The lowest BCUT2D eigenvalue weighted by molar-refractivity contribution is 0.199. The number of rotatable bonds is 2. The number of aryl methyl sites for hydroxylation is 1. The Balaban J connectivity index is 2.48. The number of aromatic nitrogens is 3. The smallest absolute Gasteiger partial charge is 0.138 e. The van der Waals surface area contributed by atoms with E-state index in [1.165, 1.54) is 0 Å². The zero-order valence-electron chi connectivity index (χ0n) is 9.68. The molecule has 0 aromatic carbocycles. The van der Waals surface area contributed by atoms with Crippen LogP contribution in [0.25, 0.3) is 5.82 Å². The number of hydrogen-bond acceptors (Lipinski definition) is 3. The molecule has 2 aromatic heterocycles. The van der Waals surface area contributed by atoms with Gasteiger partial charge in [-0.25, -0.2) is 9.97 Å². The highest BCUT2D eigenvalue weighted by atomic mass is 16.3. The molecule has 2 aromatic rings. The third-order valence-corrected chi connectivity index (χ3v) is 2.75. The van der Waals surface area contributed by atoms with Gasteiger partial charge in [0.15, 0.2) is 0 Å². The average molecular weight is 217 g/mol. The SMILES string of the molecule is Cc1ncn(-c2cc([C@H](C)O)ccn2)c1C. The van der Waals surface area contributed by atoms with E-state index in [9.17, 15) is 5.11 Å². The summed E-state index contributed by atoms with van der Waals surface area (Å²) in [4.78, 5) is 8.51. The van der Waals surface area contributed by atoms with Gasteiger partial charge in [-0.05, 0) is 38.5 Å². The van der Waals surface area contributed by atoms with Gasteiger partial charge in [0, 0.05) is 11.9 Å². The molecule has 84 valence electrons. The van der Waals surface area contributed by atoms with Crippen LogP contribution in [-0.4, -0.2) is 19.6 Å². The maximum absolute atomic E-state index is 9.52. The molecule has 1 N–H and O–H groups in total. The molecule has 0 bridgehead atoms. The molecule has 0 aliphatic heterocycles. The van der Waals surface area contributed by atoms with Crippen LogP contribution in [0.1, 0.15) is 30.0 Å². The molecule has 4 nitrogen and oxygen atoms in total. The summed E-state index contributed by atoms with van der Waals surface area (Å²) in [5.74, 6) is 0.788. The lowest BCUT2D eigenvalue weighted by atomic mass is 10.2. The normalized spacial score (nSPS) is 12.8. The highest BCUT2D eigenvalue weighted by Gasteiger charge is 2.07. The van der Waals surface area contributed by atoms with Crippen molar-refractivity contribution in [2.45, 2.75) is 26.9 Å². The summed E-state index contributed by atoms with van der Waals surface area (Å²) in [6, 6.07) is 3.69. The van der Waals surface area contributed by atoms with E-state index in [4.69, 9.17) is 0 Å². The van der Waals surface area contributed by atoms with E-state index in [2.05, 4.69) is 9.97 Å². The van der Waals surface area contributed by atoms with Crippen LogP contribution in [0.15, 0.2) is 24.7 Å². The molecule has 4 heteroatoms. The van der Waals surface area contributed by atoms with Gasteiger partial charge in [-0.15, -0.1) is 0 Å². The number of hydrogen-bond donors (Lipinski definition) is 1. The molecular formula is C12H15N3O. The van der Waals surface area contributed by atoms with Crippen LogP contribution in [0.4, 0.5) is 0 Å². The molecule has 0 saturated heterocycles. The molecule has 0 amide bonds. The van der Waals surface area contributed by atoms with Crippen LogP contribution in [0.3, 0.4) is 0 Å². The second-order valence-corrected chi connectivity index (χ2v) is 3.91. The molecule has 0 unspecified atom stereocenters. The summed E-state index contributed by atoms with van der Waals surface area (Å²) in [6.45, 7) is 5.70.